The molecule has 1 aromatic heterocycles. The van der Waals surface area contributed by atoms with Crippen molar-refractivity contribution >= 4 is 50.1 Å². The number of nitrogens with one attached hydrogen (secondary N) is 1. The number of benzene rings is 3. The molecule has 0 atom stereocenters. The number of carbonyl (C=O) groups excluding carboxylic acids is 1. The molecule has 0 unspecified atom stereocenters. The van der Waals surface area contributed by atoms with E-state index in [0.29, 0.717) is 15.3 Å². The molecule has 0 aliphatic carbocycles. The van der Waals surface area contributed by atoms with Crippen molar-refractivity contribution in [3.63, 3.8) is 0 Å². The number of amides is 1. The standard InChI is InChI=1S/C23H18BrN3OS/c1-15-6-2-3-9-18(15)14-29-23-25-13-20(24)21(27-23)22(28)26-19-11-10-16-7-4-5-8-17(16)12-19/h2-13H,14H2,1H3,(H,26,28). The molecule has 0 saturated carbocycles. The average molecular weight is 464 g/mol. The number of anilines is 1. The first-order valence-corrected chi connectivity index (χ1v) is 10.9. The minimum absolute atomic E-state index is 0.271. The number of rotatable bonds is 5. The molecule has 4 nitrogen and oxygen atoms in total. The highest BCUT2D eigenvalue weighted by atomic mass is 79.9. The minimum atomic E-state index is -0.271. The highest BCUT2D eigenvalue weighted by Gasteiger charge is 2.15. The first-order valence-electron chi connectivity index (χ1n) is 9.10. The number of hydrogen-bond donors (Lipinski definition) is 1. The van der Waals surface area contributed by atoms with Crippen LogP contribution in [0, 0.1) is 6.92 Å². The van der Waals surface area contributed by atoms with Gasteiger partial charge in [0, 0.05) is 17.6 Å². The van der Waals surface area contributed by atoms with Gasteiger partial charge in [0.2, 0.25) is 0 Å². The zero-order valence-electron chi connectivity index (χ0n) is 15.7. The maximum Gasteiger partial charge on any atom is 0.275 e. The molecule has 0 spiro atoms. The van der Waals surface area contributed by atoms with Gasteiger partial charge in [-0.1, -0.05) is 66.4 Å². The van der Waals surface area contributed by atoms with E-state index >= 15 is 0 Å². The maximum absolute atomic E-state index is 12.8. The van der Waals surface area contributed by atoms with Crippen molar-refractivity contribution in [3.05, 3.63) is 94.2 Å². The van der Waals surface area contributed by atoms with Crippen LogP contribution in [0.1, 0.15) is 21.6 Å². The van der Waals surface area contributed by atoms with Crippen molar-refractivity contribution in [2.24, 2.45) is 0 Å². The Morgan fingerprint density at radius 1 is 1.03 bits per heavy atom. The molecule has 0 aliphatic heterocycles. The number of halogens is 1. The van der Waals surface area contributed by atoms with Crippen LogP contribution in [0.5, 0.6) is 0 Å². The predicted molar refractivity (Wildman–Crippen MR) is 122 cm³/mol. The summed E-state index contributed by atoms with van der Waals surface area (Å²) in [5.74, 6) is 0.479. The summed E-state index contributed by atoms with van der Waals surface area (Å²) in [5.41, 5.74) is 3.51. The quantitative estimate of drug-likeness (QED) is 0.280. The predicted octanol–water partition coefficient (Wildman–Crippen LogP) is 6.25. The molecular formula is C23H18BrN3OS. The molecule has 0 radical (unpaired) electrons. The van der Waals surface area contributed by atoms with E-state index in [0.717, 1.165) is 22.2 Å². The third kappa shape index (κ3) is 4.66. The average Bonchev–Trinajstić information content (AvgIpc) is 2.74. The lowest BCUT2D eigenvalue weighted by atomic mass is 10.1. The second-order valence-electron chi connectivity index (χ2n) is 6.58. The minimum Gasteiger partial charge on any atom is -0.321 e. The van der Waals surface area contributed by atoms with Crippen LogP contribution in [0.15, 0.2) is 82.6 Å². The number of carbonyl (C=O) groups is 1. The zero-order chi connectivity index (χ0) is 20.2. The topological polar surface area (TPSA) is 54.9 Å². The fourth-order valence-electron chi connectivity index (χ4n) is 2.95. The number of hydrogen-bond acceptors (Lipinski definition) is 4. The maximum atomic E-state index is 12.8. The SMILES string of the molecule is Cc1ccccc1CSc1ncc(Br)c(C(=O)Nc2ccc3ccccc3c2)n1. The van der Waals surface area contributed by atoms with Gasteiger partial charge < -0.3 is 5.32 Å². The zero-order valence-corrected chi connectivity index (χ0v) is 18.1. The Balaban J connectivity index is 1.51. The molecule has 6 heteroatoms. The molecule has 3 aromatic carbocycles. The second-order valence-corrected chi connectivity index (χ2v) is 8.38. The van der Waals surface area contributed by atoms with Gasteiger partial charge in [-0.25, -0.2) is 9.97 Å². The van der Waals surface area contributed by atoms with Crippen LogP contribution in [-0.2, 0) is 5.75 Å². The first kappa shape index (κ1) is 19.6. The summed E-state index contributed by atoms with van der Waals surface area (Å²) in [5, 5.41) is 5.70. The molecule has 1 N–H and O–H groups in total. The highest BCUT2D eigenvalue weighted by Crippen LogP contribution is 2.25. The van der Waals surface area contributed by atoms with Crippen LogP contribution in [0.2, 0.25) is 0 Å². The van der Waals surface area contributed by atoms with E-state index in [9.17, 15) is 4.79 Å². The molecule has 0 saturated heterocycles. The molecule has 1 amide bonds. The Hall–Kier alpha value is -2.70. The lowest BCUT2D eigenvalue weighted by molar-refractivity contribution is 0.102. The summed E-state index contributed by atoms with van der Waals surface area (Å²) in [4.78, 5) is 21.6. The van der Waals surface area contributed by atoms with E-state index in [1.54, 1.807) is 6.20 Å². The van der Waals surface area contributed by atoms with Gasteiger partial charge in [0.1, 0.15) is 5.69 Å². The third-order valence-electron chi connectivity index (χ3n) is 4.56. The lowest BCUT2D eigenvalue weighted by Gasteiger charge is -2.09. The van der Waals surface area contributed by atoms with Gasteiger partial charge in [0.25, 0.3) is 5.91 Å². The number of aromatic nitrogens is 2. The van der Waals surface area contributed by atoms with Crippen LogP contribution < -0.4 is 5.32 Å². The van der Waals surface area contributed by atoms with E-state index in [1.807, 2.05) is 54.6 Å². The van der Waals surface area contributed by atoms with Crippen molar-refractivity contribution in [3.8, 4) is 0 Å². The van der Waals surface area contributed by atoms with E-state index in [-0.39, 0.29) is 5.91 Å². The van der Waals surface area contributed by atoms with Gasteiger partial charge in [-0.15, -0.1) is 0 Å². The lowest BCUT2D eigenvalue weighted by Crippen LogP contribution is -2.15. The Morgan fingerprint density at radius 3 is 2.62 bits per heavy atom. The summed E-state index contributed by atoms with van der Waals surface area (Å²) in [6.07, 6.45) is 1.63. The van der Waals surface area contributed by atoms with E-state index in [2.05, 4.69) is 50.3 Å². The van der Waals surface area contributed by atoms with E-state index < -0.39 is 0 Å². The summed E-state index contributed by atoms with van der Waals surface area (Å²) >= 11 is 4.91. The normalized spacial score (nSPS) is 10.8. The van der Waals surface area contributed by atoms with Crippen LogP contribution in [0.4, 0.5) is 5.69 Å². The summed E-state index contributed by atoms with van der Waals surface area (Å²) in [6.45, 7) is 2.08. The second kappa shape index (κ2) is 8.76. The van der Waals surface area contributed by atoms with E-state index in [1.165, 1.54) is 22.9 Å². The van der Waals surface area contributed by atoms with Gasteiger partial charge in [-0.05, 0) is 56.9 Å². The smallest absolute Gasteiger partial charge is 0.275 e. The van der Waals surface area contributed by atoms with Crippen molar-refractivity contribution < 1.29 is 4.79 Å². The fraction of sp³-hybridized carbons (Fsp3) is 0.0870. The number of thioether (sulfide) groups is 1. The van der Waals surface area contributed by atoms with Crippen LogP contribution >= 0.6 is 27.7 Å². The summed E-state index contributed by atoms with van der Waals surface area (Å²) < 4.78 is 0.566. The highest BCUT2D eigenvalue weighted by molar-refractivity contribution is 9.10. The number of aryl methyl sites for hydroxylation is 1. The van der Waals surface area contributed by atoms with Crippen molar-refractivity contribution in [2.45, 2.75) is 17.8 Å². The number of fused-ring (bicyclic) bond motifs is 1. The van der Waals surface area contributed by atoms with Gasteiger partial charge in [0.15, 0.2) is 5.16 Å². The third-order valence-corrected chi connectivity index (χ3v) is 6.05. The molecule has 4 rings (SSSR count). The number of nitrogens with zero attached hydrogens (tertiary/aromatic N) is 2. The Labute approximate surface area is 181 Å². The summed E-state index contributed by atoms with van der Waals surface area (Å²) in [6, 6.07) is 22.1. The van der Waals surface area contributed by atoms with Crippen LogP contribution in [0.3, 0.4) is 0 Å². The Kier molecular flexibility index (Phi) is 5.92. The molecule has 144 valence electrons. The molecule has 1 heterocycles. The van der Waals surface area contributed by atoms with Gasteiger partial charge >= 0.3 is 0 Å². The molecule has 4 aromatic rings. The van der Waals surface area contributed by atoms with Crippen molar-refractivity contribution in [2.75, 3.05) is 5.32 Å². The fourth-order valence-corrected chi connectivity index (χ4v) is 4.21. The Morgan fingerprint density at radius 2 is 1.79 bits per heavy atom. The first-order chi connectivity index (χ1) is 14.1. The monoisotopic (exact) mass is 463 g/mol. The van der Waals surface area contributed by atoms with Gasteiger partial charge in [-0.3, -0.25) is 4.79 Å². The molecular weight excluding hydrogens is 446 g/mol. The Bertz CT molecular complexity index is 1200. The van der Waals surface area contributed by atoms with Gasteiger partial charge in [0.05, 0.1) is 4.47 Å². The van der Waals surface area contributed by atoms with E-state index in [4.69, 9.17) is 0 Å². The van der Waals surface area contributed by atoms with Crippen molar-refractivity contribution in [1.82, 2.24) is 9.97 Å². The molecule has 0 aliphatic rings. The van der Waals surface area contributed by atoms with Crippen molar-refractivity contribution in [1.29, 1.82) is 0 Å². The molecule has 29 heavy (non-hydrogen) atoms. The molecule has 0 bridgehead atoms. The van der Waals surface area contributed by atoms with Gasteiger partial charge in [-0.2, -0.15) is 0 Å². The largest absolute Gasteiger partial charge is 0.321 e. The summed E-state index contributed by atoms with van der Waals surface area (Å²) in [7, 11) is 0. The molecule has 0 fully saturated rings. The van der Waals surface area contributed by atoms with Crippen LogP contribution in [0.25, 0.3) is 10.8 Å². The van der Waals surface area contributed by atoms with Crippen LogP contribution in [-0.4, -0.2) is 15.9 Å².